The molecule has 2 aromatic carbocycles. The Kier molecular flexibility index (Phi) is 11.2. The van der Waals surface area contributed by atoms with Crippen molar-refractivity contribution in [3.05, 3.63) is 41.5 Å². The Balaban J connectivity index is 0.00000364. The summed E-state index contributed by atoms with van der Waals surface area (Å²) in [6.45, 7) is 4.34. The van der Waals surface area contributed by atoms with E-state index in [1.54, 1.807) is 6.07 Å². The second-order valence-electron chi connectivity index (χ2n) is 7.13. The van der Waals surface area contributed by atoms with Gasteiger partial charge in [0.1, 0.15) is 10.1 Å². The average molecular weight is 399 g/mol. The molecule has 2 rings (SSSR count). The number of benzene rings is 2. The fraction of sp³-hybridized carbons (Fsp3) is 0.545. The predicted octanol–water partition coefficient (Wildman–Crippen LogP) is 2.99. The molecule has 0 atom stereocenters. The molecule has 5 heteroatoms. The molecule has 0 amide bonds. The van der Waals surface area contributed by atoms with Gasteiger partial charge in [-0.3, -0.25) is 0 Å². The van der Waals surface area contributed by atoms with E-state index in [0.29, 0.717) is 6.42 Å². The molecule has 0 aliphatic carbocycles. The van der Waals surface area contributed by atoms with Crippen LogP contribution in [0, 0.1) is 0 Å². The zero-order valence-corrected chi connectivity index (χ0v) is 19.9. The zero-order chi connectivity index (χ0) is 19.0. The Labute approximate surface area is 187 Å². The molecule has 3 nitrogen and oxygen atoms in total. The van der Waals surface area contributed by atoms with Crippen LogP contribution in [0.4, 0.5) is 0 Å². The molecule has 0 aliphatic rings. The zero-order valence-electron chi connectivity index (χ0n) is 17.1. The van der Waals surface area contributed by atoms with E-state index in [1.807, 2.05) is 12.1 Å². The van der Waals surface area contributed by atoms with Crippen molar-refractivity contribution >= 4 is 20.9 Å². The molecule has 27 heavy (non-hydrogen) atoms. The third-order valence-electron chi connectivity index (χ3n) is 5.05. The van der Waals surface area contributed by atoms with E-state index in [-0.39, 0.29) is 34.5 Å². The molecule has 0 saturated carbocycles. The summed E-state index contributed by atoms with van der Waals surface area (Å²) in [6.07, 6.45) is 10.5. The van der Waals surface area contributed by atoms with E-state index < -0.39 is 10.1 Å². The smallest absolute Gasteiger partial charge is 0.744 e. The molecule has 0 unspecified atom stereocenters. The Morgan fingerprint density at radius 3 is 2.04 bits per heavy atom. The van der Waals surface area contributed by atoms with Crippen molar-refractivity contribution in [1.82, 2.24) is 0 Å². The largest absolute Gasteiger partial charge is 1.00 e. The van der Waals surface area contributed by atoms with Gasteiger partial charge in [-0.05, 0) is 53.6 Å². The van der Waals surface area contributed by atoms with Gasteiger partial charge in [0, 0.05) is 0 Å². The van der Waals surface area contributed by atoms with Gasteiger partial charge in [-0.25, -0.2) is 8.42 Å². The molecule has 0 fully saturated rings. The molecular formula is C22H31NaO3S. The first-order chi connectivity index (χ1) is 12.5. The number of rotatable bonds is 11. The first-order valence-corrected chi connectivity index (χ1v) is 11.4. The van der Waals surface area contributed by atoms with Crippen molar-refractivity contribution in [3.63, 3.8) is 0 Å². The minimum atomic E-state index is -4.46. The van der Waals surface area contributed by atoms with Crippen LogP contribution in [0.25, 0.3) is 10.8 Å². The Bertz CT molecular complexity index is 816. The fourth-order valence-electron chi connectivity index (χ4n) is 3.68. The van der Waals surface area contributed by atoms with Crippen LogP contribution in [0.15, 0.2) is 35.2 Å². The minimum absolute atomic E-state index is 0. The molecule has 0 saturated heterocycles. The third kappa shape index (κ3) is 7.17. The van der Waals surface area contributed by atoms with Crippen molar-refractivity contribution in [2.24, 2.45) is 0 Å². The number of hydrogen-bond donors (Lipinski definition) is 0. The van der Waals surface area contributed by atoms with Crippen molar-refractivity contribution in [3.8, 4) is 0 Å². The van der Waals surface area contributed by atoms with Crippen LogP contribution in [0.1, 0.15) is 76.3 Å². The van der Waals surface area contributed by atoms with Crippen LogP contribution in [-0.2, 0) is 23.0 Å². The van der Waals surface area contributed by atoms with Crippen LogP contribution in [0.2, 0.25) is 0 Å². The number of unbranched alkanes of at least 4 members (excludes halogenated alkanes) is 6. The first-order valence-electron chi connectivity index (χ1n) is 9.98. The molecule has 0 spiro atoms. The molecule has 2 aromatic rings. The summed E-state index contributed by atoms with van der Waals surface area (Å²) < 4.78 is 35.5. The van der Waals surface area contributed by atoms with Crippen LogP contribution in [0.5, 0.6) is 0 Å². The van der Waals surface area contributed by atoms with E-state index in [4.69, 9.17) is 0 Å². The summed E-state index contributed by atoms with van der Waals surface area (Å²) in [5.74, 6) is 0. The van der Waals surface area contributed by atoms with Crippen molar-refractivity contribution in [2.75, 3.05) is 0 Å². The van der Waals surface area contributed by atoms with Crippen LogP contribution < -0.4 is 29.6 Å². The van der Waals surface area contributed by atoms with E-state index in [1.165, 1.54) is 30.9 Å². The quantitative estimate of drug-likeness (QED) is 0.332. The molecule has 0 N–H and O–H groups in total. The normalized spacial score (nSPS) is 11.5. The van der Waals surface area contributed by atoms with Crippen molar-refractivity contribution in [1.29, 1.82) is 0 Å². The summed E-state index contributed by atoms with van der Waals surface area (Å²) in [5, 5.41) is 2.04. The minimum Gasteiger partial charge on any atom is -0.744 e. The third-order valence-corrected chi connectivity index (χ3v) is 5.97. The molecule has 144 valence electrons. The van der Waals surface area contributed by atoms with Crippen molar-refractivity contribution < 1.29 is 42.5 Å². The van der Waals surface area contributed by atoms with Gasteiger partial charge < -0.3 is 4.55 Å². The second-order valence-corrected chi connectivity index (χ2v) is 8.48. The summed E-state index contributed by atoms with van der Waals surface area (Å²) in [7, 11) is -4.46. The monoisotopic (exact) mass is 398 g/mol. The van der Waals surface area contributed by atoms with Gasteiger partial charge in [0.15, 0.2) is 0 Å². The van der Waals surface area contributed by atoms with E-state index in [2.05, 4.69) is 19.9 Å². The SMILES string of the molecule is CCCCCCc1cccc2ccc(S(=O)(=O)[O-])c(CCCCCC)c12.[Na+]. The van der Waals surface area contributed by atoms with E-state index >= 15 is 0 Å². The van der Waals surface area contributed by atoms with Crippen LogP contribution >= 0.6 is 0 Å². The van der Waals surface area contributed by atoms with Gasteiger partial charge in [0.2, 0.25) is 0 Å². The molecule has 0 aromatic heterocycles. The van der Waals surface area contributed by atoms with Gasteiger partial charge in [0.05, 0.1) is 4.90 Å². The van der Waals surface area contributed by atoms with E-state index in [9.17, 15) is 13.0 Å². The molecule has 0 radical (unpaired) electrons. The van der Waals surface area contributed by atoms with Gasteiger partial charge in [-0.15, -0.1) is 0 Å². The standard InChI is InChI=1S/C22H32O3S.Na/c1-3-5-7-9-12-18-13-11-14-19-16-17-21(26(23,24)25)20(22(18)19)15-10-8-6-4-2;/h11,13-14,16-17H,3-10,12,15H2,1-2H3,(H,23,24,25);/q;+1/p-1. The van der Waals surface area contributed by atoms with Gasteiger partial charge in [-0.1, -0.05) is 76.6 Å². The predicted molar refractivity (Wildman–Crippen MR) is 108 cm³/mol. The average Bonchev–Trinajstić information content (AvgIpc) is 2.61. The maximum absolute atomic E-state index is 11.8. The number of fused-ring (bicyclic) bond motifs is 1. The molecule has 0 heterocycles. The van der Waals surface area contributed by atoms with Crippen LogP contribution in [0.3, 0.4) is 0 Å². The second kappa shape index (κ2) is 12.2. The molecule has 0 bridgehead atoms. The van der Waals surface area contributed by atoms with Gasteiger partial charge in [-0.2, -0.15) is 0 Å². The molecular weight excluding hydrogens is 367 g/mol. The van der Waals surface area contributed by atoms with E-state index in [0.717, 1.165) is 54.9 Å². The fourth-order valence-corrected chi connectivity index (χ4v) is 4.42. The summed E-state index contributed by atoms with van der Waals surface area (Å²) >= 11 is 0. The Hall–Kier alpha value is -0.390. The maximum Gasteiger partial charge on any atom is 1.00 e. The summed E-state index contributed by atoms with van der Waals surface area (Å²) in [5.41, 5.74) is 1.91. The van der Waals surface area contributed by atoms with Gasteiger partial charge >= 0.3 is 29.6 Å². The number of aryl methyl sites for hydroxylation is 2. The topological polar surface area (TPSA) is 57.2 Å². The maximum atomic E-state index is 11.8. The van der Waals surface area contributed by atoms with Crippen molar-refractivity contribution in [2.45, 2.75) is 83.0 Å². The Morgan fingerprint density at radius 1 is 0.815 bits per heavy atom. The number of hydrogen-bond acceptors (Lipinski definition) is 3. The first kappa shape index (κ1) is 24.6. The summed E-state index contributed by atoms with van der Waals surface area (Å²) in [4.78, 5) is -0.0255. The Morgan fingerprint density at radius 2 is 1.44 bits per heavy atom. The van der Waals surface area contributed by atoms with Crippen LogP contribution in [-0.4, -0.2) is 13.0 Å². The summed E-state index contributed by atoms with van der Waals surface area (Å²) in [6, 6.07) is 9.42. The molecule has 0 aliphatic heterocycles. The van der Waals surface area contributed by atoms with Gasteiger partial charge in [0.25, 0.3) is 0 Å².